The minimum Gasteiger partial charge on any atom is -0.462 e. The molecule has 3 fully saturated rings. The number of nitrogens with two attached hydrogens (primary N) is 1. The lowest BCUT2D eigenvalue weighted by Gasteiger charge is -2.46. The van der Waals surface area contributed by atoms with E-state index >= 15 is 4.39 Å². The lowest BCUT2D eigenvalue weighted by molar-refractivity contribution is -0.230. The molecule has 0 spiro atoms. The summed E-state index contributed by atoms with van der Waals surface area (Å²) < 4.78 is 62.5. The molecule has 4 atom stereocenters. The van der Waals surface area contributed by atoms with Crippen LogP contribution in [0, 0.1) is 11.7 Å². The smallest absolute Gasteiger partial charge is 0.394 e. The molecule has 0 saturated carbocycles. The number of halogens is 4. The number of piperazine rings is 1. The first-order valence-corrected chi connectivity index (χ1v) is 13.6. The van der Waals surface area contributed by atoms with Crippen molar-refractivity contribution in [2.24, 2.45) is 5.92 Å². The van der Waals surface area contributed by atoms with Crippen LogP contribution in [0.3, 0.4) is 0 Å². The van der Waals surface area contributed by atoms with E-state index in [4.69, 9.17) is 10.5 Å². The molecule has 0 aliphatic carbocycles. The van der Waals surface area contributed by atoms with Crippen molar-refractivity contribution in [3.05, 3.63) is 42.3 Å². The van der Waals surface area contributed by atoms with Crippen LogP contribution in [0.2, 0.25) is 0 Å². The van der Waals surface area contributed by atoms with Gasteiger partial charge in [0.1, 0.15) is 35.1 Å². The third-order valence-electron chi connectivity index (χ3n) is 8.46. The number of fused-ring (bicyclic) bond motifs is 4. The summed E-state index contributed by atoms with van der Waals surface area (Å²) in [5.41, 5.74) is 6.24. The number of nitrogens with zero attached hydrogens (tertiary/aromatic N) is 6. The lowest BCUT2D eigenvalue weighted by atomic mass is 9.89. The Morgan fingerprint density at radius 3 is 2.51 bits per heavy atom. The van der Waals surface area contributed by atoms with Gasteiger partial charge in [-0.25, -0.2) is 9.37 Å². The number of alkyl halides is 3. The number of rotatable bonds is 5. The Labute approximate surface area is 232 Å². The van der Waals surface area contributed by atoms with Crippen LogP contribution in [-0.4, -0.2) is 82.4 Å². The summed E-state index contributed by atoms with van der Waals surface area (Å²) in [4.78, 5) is 21.4. The van der Waals surface area contributed by atoms with Gasteiger partial charge in [-0.3, -0.25) is 9.88 Å². The van der Waals surface area contributed by atoms with E-state index in [1.54, 1.807) is 18.0 Å². The molecule has 2 bridgehead atoms. The van der Waals surface area contributed by atoms with E-state index in [1.165, 1.54) is 6.20 Å². The molecule has 3 saturated heterocycles. The van der Waals surface area contributed by atoms with Gasteiger partial charge in [-0.15, -0.1) is 0 Å². The first-order chi connectivity index (χ1) is 19.7. The van der Waals surface area contributed by atoms with Crippen molar-refractivity contribution in [2.75, 3.05) is 43.9 Å². The second kappa shape index (κ2) is 9.62. The summed E-state index contributed by atoms with van der Waals surface area (Å²) in [5, 5.41) is 5.40. The average Bonchev–Trinajstić information content (AvgIpc) is 3.27. The van der Waals surface area contributed by atoms with Crippen molar-refractivity contribution >= 4 is 33.3 Å². The Kier molecular flexibility index (Phi) is 6.12. The summed E-state index contributed by atoms with van der Waals surface area (Å²) in [6.45, 7) is 0.915. The molecule has 7 rings (SSSR count). The highest BCUT2D eigenvalue weighted by atomic mass is 19.4. The van der Waals surface area contributed by atoms with Gasteiger partial charge in [-0.05, 0) is 31.3 Å². The van der Waals surface area contributed by atoms with Gasteiger partial charge in [0.05, 0.1) is 17.3 Å². The van der Waals surface area contributed by atoms with E-state index in [9.17, 15) is 13.2 Å². The summed E-state index contributed by atoms with van der Waals surface area (Å²) in [5.74, 6) is -1.58. The van der Waals surface area contributed by atoms with Gasteiger partial charge < -0.3 is 20.7 Å². The highest BCUT2D eigenvalue weighted by molar-refractivity contribution is 5.98. The second-order valence-electron chi connectivity index (χ2n) is 11.1. The zero-order chi connectivity index (χ0) is 28.5. The van der Waals surface area contributed by atoms with Crippen molar-refractivity contribution in [2.45, 2.75) is 37.1 Å². The molecule has 3 aliphatic rings. The Bertz CT molecular complexity index is 1640. The van der Waals surface area contributed by atoms with E-state index < -0.39 is 24.0 Å². The van der Waals surface area contributed by atoms with Crippen molar-refractivity contribution in [3.63, 3.8) is 0 Å². The molecule has 4 aromatic rings. The number of anilines is 2. The van der Waals surface area contributed by atoms with Crippen LogP contribution in [0.25, 0.3) is 33.1 Å². The Morgan fingerprint density at radius 2 is 1.78 bits per heavy atom. The number of nitrogen functional groups attached to an aromatic ring is 1. The number of likely N-dealkylation sites (N-methyl/N-ethyl adjacent to an activating group) is 1. The largest absolute Gasteiger partial charge is 0.462 e. The van der Waals surface area contributed by atoms with Crippen molar-refractivity contribution < 1.29 is 22.3 Å². The van der Waals surface area contributed by atoms with Crippen molar-refractivity contribution in [1.29, 1.82) is 0 Å². The standard InChI is InChI=1S/C28H28F4N8O/c1-39-12-19(28(30,31)32)20(39)13-41-27-37-23-18(26(38-27)40-10-15-6-7-16(11-40)35-15)9-34-25(22(23)29)24-17-5-3-2-4-14(17)8-21(33)36-24/h2-5,8-9,15-16,19-20,35H,6-7,10-13H2,1H3,(H2,33,36)/t15?,16?,19-,20-/m1/s1. The van der Waals surface area contributed by atoms with Crippen LogP contribution in [-0.2, 0) is 0 Å². The van der Waals surface area contributed by atoms with Gasteiger partial charge in [0.15, 0.2) is 5.82 Å². The summed E-state index contributed by atoms with van der Waals surface area (Å²) in [6.07, 6.45) is -0.775. The minimum absolute atomic E-state index is 0.0344. The number of hydrogen-bond acceptors (Lipinski definition) is 9. The summed E-state index contributed by atoms with van der Waals surface area (Å²) in [6, 6.07) is 8.50. The number of likely N-dealkylation sites (tertiary alicyclic amines) is 1. The first kappa shape index (κ1) is 26.1. The molecular formula is C28H28F4N8O. The third kappa shape index (κ3) is 4.56. The van der Waals surface area contributed by atoms with Gasteiger partial charge in [-0.2, -0.15) is 23.1 Å². The Hall–Kier alpha value is -3.84. The predicted molar refractivity (Wildman–Crippen MR) is 146 cm³/mol. The maximum Gasteiger partial charge on any atom is 0.394 e. The average molecular weight is 569 g/mol. The minimum atomic E-state index is -4.34. The lowest BCUT2D eigenvalue weighted by Crippen LogP contribution is -2.61. The van der Waals surface area contributed by atoms with Crippen LogP contribution in [0.1, 0.15) is 12.8 Å². The maximum atomic E-state index is 16.4. The molecule has 1 aromatic carbocycles. The molecular weight excluding hydrogens is 540 g/mol. The van der Waals surface area contributed by atoms with E-state index in [-0.39, 0.29) is 54.0 Å². The number of aromatic nitrogens is 4. The Balaban J connectivity index is 1.33. The van der Waals surface area contributed by atoms with Gasteiger partial charge in [0.25, 0.3) is 0 Å². The molecule has 13 heteroatoms. The van der Waals surface area contributed by atoms with E-state index in [2.05, 4.69) is 30.2 Å². The molecule has 3 aliphatic heterocycles. The first-order valence-electron chi connectivity index (χ1n) is 13.6. The number of hydrogen-bond donors (Lipinski definition) is 2. The number of ether oxygens (including phenoxy) is 1. The van der Waals surface area contributed by atoms with Gasteiger partial charge in [-0.1, -0.05) is 24.3 Å². The monoisotopic (exact) mass is 568 g/mol. The SMILES string of the molecule is CN1C[C@@H](C(F)(F)F)[C@H]1COc1nc(N2CC3CCC(C2)N3)c2cnc(-c3nc(N)cc4ccccc34)c(F)c2n1. The molecule has 6 heterocycles. The maximum absolute atomic E-state index is 16.4. The van der Waals surface area contributed by atoms with Crippen molar-refractivity contribution in [3.8, 4) is 17.4 Å². The number of nitrogens with one attached hydrogen (secondary N) is 1. The van der Waals surface area contributed by atoms with E-state index in [0.717, 1.165) is 18.2 Å². The topological polar surface area (TPSA) is 105 Å². The molecule has 0 amide bonds. The van der Waals surface area contributed by atoms with Crippen LogP contribution < -0.4 is 20.7 Å². The molecule has 9 nitrogen and oxygen atoms in total. The molecule has 41 heavy (non-hydrogen) atoms. The highest BCUT2D eigenvalue weighted by Crippen LogP contribution is 2.39. The molecule has 0 radical (unpaired) electrons. The molecule has 214 valence electrons. The van der Waals surface area contributed by atoms with E-state index in [1.807, 2.05) is 24.3 Å². The summed E-state index contributed by atoms with van der Waals surface area (Å²) >= 11 is 0. The fraction of sp³-hybridized carbons (Fsp3) is 0.429. The predicted octanol–water partition coefficient (Wildman–Crippen LogP) is 3.77. The number of pyridine rings is 2. The fourth-order valence-electron chi connectivity index (χ4n) is 6.32. The zero-order valence-corrected chi connectivity index (χ0v) is 22.2. The van der Waals surface area contributed by atoms with Crippen molar-refractivity contribution in [1.82, 2.24) is 30.2 Å². The highest BCUT2D eigenvalue weighted by Gasteiger charge is 2.53. The normalized spacial score (nSPS) is 24.7. The fourth-order valence-corrected chi connectivity index (χ4v) is 6.32. The number of benzene rings is 1. The summed E-state index contributed by atoms with van der Waals surface area (Å²) in [7, 11) is 1.61. The van der Waals surface area contributed by atoms with Crippen LogP contribution in [0.5, 0.6) is 6.01 Å². The quantitative estimate of drug-likeness (QED) is 0.348. The van der Waals surface area contributed by atoms with Gasteiger partial charge in [0.2, 0.25) is 0 Å². The second-order valence-corrected chi connectivity index (χ2v) is 11.1. The zero-order valence-electron chi connectivity index (χ0n) is 22.2. The molecule has 2 unspecified atom stereocenters. The molecule has 3 aromatic heterocycles. The van der Waals surface area contributed by atoms with Crippen LogP contribution in [0.15, 0.2) is 36.5 Å². The van der Waals surface area contributed by atoms with Gasteiger partial charge in [0, 0.05) is 43.3 Å². The van der Waals surface area contributed by atoms with Crippen LogP contribution >= 0.6 is 0 Å². The van der Waals surface area contributed by atoms with Crippen LogP contribution in [0.4, 0.5) is 29.2 Å². The Morgan fingerprint density at radius 1 is 1.02 bits per heavy atom. The third-order valence-corrected chi connectivity index (χ3v) is 8.46. The van der Waals surface area contributed by atoms with E-state index in [0.29, 0.717) is 29.7 Å². The van der Waals surface area contributed by atoms with Gasteiger partial charge >= 0.3 is 12.2 Å². The molecule has 3 N–H and O–H groups in total.